The van der Waals surface area contributed by atoms with Crippen molar-refractivity contribution in [2.75, 3.05) is 13.2 Å². The van der Waals surface area contributed by atoms with E-state index in [9.17, 15) is 9.90 Å². The number of nitrogens with zero attached hydrogens (tertiary/aromatic N) is 1. The predicted octanol–water partition coefficient (Wildman–Crippen LogP) is 1.33. The van der Waals surface area contributed by atoms with E-state index in [0.717, 1.165) is 25.8 Å². The molecule has 16 heavy (non-hydrogen) atoms. The standard InChI is InChI=1S/C12H23NO3/c1-9(2)11(12(15)16)13-7-4-3-5-10(13)6-8-14/h9-11,14H,3-8H2,1-2H3,(H,15,16). The topological polar surface area (TPSA) is 60.8 Å². The lowest BCUT2D eigenvalue weighted by Gasteiger charge is -2.40. The summed E-state index contributed by atoms with van der Waals surface area (Å²) in [7, 11) is 0. The highest BCUT2D eigenvalue weighted by Gasteiger charge is 2.34. The van der Waals surface area contributed by atoms with E-state index < -0.39 is 12.0 Å². The highest BCUT2D eigenvalue weighted by atomic mass is 16.4. The minimum absolute atomic E-state index is 0.108. The van der Waals surface area contributed by atoms with Crippen molar-refractivity contribution in [2.45, 2.75) is 51.6 Å². The molecule has 1 saturated heterocycles. The molecule has 1 aliphatic rings. The van der Waals surface area contributed by atoms with Crippen LogP contribution in [0, 0.1) is 5.92 Å². The van der Waals surface area contributed by atoms with E-state index in [1.54, 1.807) is 0 Å². The fourth-order valence-corrected chi connectivity index (χ4v) is 2.66. The van der Waals surface area contributed by atoms with Gasteiger partial charge in [-0.25, -0.2) is 0 Å². The largest absolute Gasteiger partial charge is 0.480 e. The van der Waals surface area contributed by atoms with Gasteiger partial charge in [0.15, 0.2) is 0 Å². The second kappa shape index (κ2) is 6.21. The van der Waals surface area contributed by atoms with Gasteiger partial charge in [0.2, 0.25) is 0 Å². The molecular weight excluding hydrogens is 206 g/mol. The first kappa shape index (κ1) is 13.5. The molecule has 4 heteroatoms. The van der Waals surface area contributed by atoms with Crippen molar-refractivity contribution in [2.24, 2.45) is 5.92 Å². The number of piperidine rings is 1. The van der Waals surface area contributed by atoms with E-state index in [4.69, 9.17) is 5.11 Å². The Balaban J connectivity index is 2.74. The maximum Gasteiger partial charge on any atom is 0.321 e. The second-order valence-corrected chi connectivity index (χ2v) is 4.93. The van der Waals surface area contributed by atoms with E-state index in [1.807, 2.05) is 13.8 Å². The maximum absolute atomic E-state index is 11.3. The van der Waals surface area contributed by atoms with Gasteiger partial charge in [0.25, 0.3) is 0 Å². The van der Waals surface area contributed by atoms with E-state index >= 15 is 0 Å². The molecule has 1 fully saturated rings. The average Bonchev–Trinajstić information content (AvgIpc) is 2.20. The molecule has 2 atom stereocenters. The Morgan fingerprint density at radius 3 is 2.62 bits per heavy atom. The third-order valence-corrected chi connectivity index (χ3v) is 3.38. The van der Waals surface area contributed by atoms with Crippen LogP contribution in [0.3, 0.4) is 0 Å². The number of likely N-dealkylation sites (tertiary alicyclic amines) is 1. The van der Waals surface area contributed by atoms with Gasteiger partial charge in [-0.2, -0.15) is 0 Å². The fraction of sp³-hybridized carbons (Fsp3) is 0.917. The number of hydrogen-bond donors (Lipinski definition) is 2. The minimum atomic E-state index is -0.736. The monoisotopic (exact) mass is 229 g/mol. The first-order chi connectivity index (χ1) is 7.57. The Labute approximate surface area is 97.3 Å². The van der Waals surface area contributed by atoms with Gasteiger partial charge in [-0.05, 0) is 31.7 Å². The average molecular weight is 229 g/mol. The summed E-state index contributed by atoms with van der Waals surface area (Å²) < 4.78 is 0. The molecular formula is C12H23NO3. The van der Waals surface area contributed by atoms with Crippen LogP contribution < -0.4 is 0 Å². The molecule has 2 unspecified atom stereocenters. The molecule has 0 amide bonds. The summed E-state index contributed by atoms with van der Waals surface area (Å²) in [4.78, 5) is 13.4. The Morgan fingerprint density at radius 2 is 2.12 bits per heavy atom. The zero-order valence-corrected chi connectivity index (χ0v) is 10.2. The number of aliphatic hydroxyl groups is 1. The molecule has 0 aromatic carbocycles. The Hall–Kier alpha value is -0.610. The van der Waals surface area contributed by atoms with Crippen molar-refractivity contribution in [3.63, 3.8) is 0 Å². The molecule has 2 N–H and O–H groups in total. The van der Waals surface area contributed by atoms with E-state index in [0.29, 0.717) is 6.42 Å². The second-order valence-electron chi connectivity index (χ2n) is 4.93. The number of carboxylic acid groups (broad SMARTS) is 1. The number of rotatable bonds is 5. The lowest BCUT2D eigenvalue weighted by molar-refractivity contribution is -0.147. The zero-order valence-electron chi connectivity index (χ0n) is 10.2. The number of hydrogen-bond acceptors (Lipinski definition) is 3. The number of aliphatic hydroxyl groups excluding tert-OH is 1. The van der Waals surface area contributed by atoms with Crippen LogP contribution in [0.25, 0.3) is 0 Å². The van der Waals surface area contributed by atoms with Crippen LogP contribution in [0.2, 0.25) is 0 Å². The predicted molar refractivity (Wildman–Crippen MR) is 62.3 cm³/mol. The molecule has 0 aromatic heterocycles. The summed E-state index contributed by atoms with van der Waals surface area (Å²) in [6.45, 7) is 4.89. The van der Waals surface area contributed by atoms with Gasteiger partial charge >= 0.3 is 5.97 Å². The molecule has 4 nitrogen and oxygen atoms in total. The Bertz CT molecular complexity index is 228. The van der Waals surface area contributed by atoms with Gasteiger partial charge in [-0.3, -0.25) is 9.69 Å². The van der Waals surface area contributed by atoms with Crippen molar-refractivity contribution in [3.8, 4) is 0 Å². The first-order valence-electron chi connectivity index (χ1n) is 6.17. The quantitative estimate of drug-likeness (QED) is 0.746. The highest BCUT2D eigenvalue weighted by molar-refractivity contribution is 5.73. The van der Waals surface area contributed by atoms with Crippen LogP contribution in [0.15, 0.2) is 0 Å². The van der Waals surface area contributed by atoms with Gasteiger partial charge in [0.05, 0.1) is 0 Å². The van der Waals surface area contributed by atoms with Crippen LogP contribution in [0.4, 0.5) is 0 Å². The van der Waals surface area contributed by atoms with Crippen molar-refractivity contribution in [1.82, 2.24) is 4.90 Å². The van der Waals surface area contributed by atoms with E-state index in [2.05, 4.69) is 4.90 Å². The third-order valence-electron chi connectivity index (χ3n) is 3.38. The molecule has 1 aliphatic heterocycles. The minimum Gasteiger partial charge on any atom is -0.480 e. The summed E-state index contributed by atoms with van der Waals surface area (Å²) >= 11 is 0. The van der Waals surface area contributed by atoms with Gasteiger partial charge in [0, 0.05) is 12.6 Å². The van der Waals surface area contributed by atoms with Gasteiger partial charge in [-0.15, -0.1) is 0 Å². The summed E-state index contributed by atoms with van der Waals surface area (Å²) in [5.41, 5.74) is 0. The fourth-order valence-electron chi connectivity index (χ4n) is 2.66. The number of carbonyl (C=O) groups is 1. The SMILES string of the molecule is CC(C)C(C(=O)O)N1CCCCC1CCO. The maximum atomic E-state index is 11.3. The number of carboxylic acids is 1. The first-order valence-corrected chi connectivity index (χ1v) is 6.17. The molecule has 1 rings (SSSR count). The van der Waals surface area contributed by atoms with Crippen molar-refractivity contribution in [3.05, 3.63) is 0 Å². The summed E-state index contributed by atoms with van der Waals surface area (Å²) in [5.74, 6) is -0.628. The zero-order chi connectivity index (χ0) is 12.1. The van der Waals surface area contributed by atoms with Gasteiger partial charge in [0.1, 0.15) is 6.04 Å². The van der Waals surface area contributed by atoms with Crippen LogP contribution in [0.5, 0.6) is 0 Å². The van der Waals surface area contributed by atoms with Crippen molar-refractivity contribution < 1.29 is 15.0 Å². The van der Waals surface area contributed by atoms with E-state index in [-0.39, 0.29) is 18.6 Å². The summed E-state index contributed by atoms with van der Waals surface area (Å²) in [5, 5.41) is 18.3. The third kappa shape index (κ3) is 3.19. The van der Waals surface area contributed by atoms with E-state index in [1.165, 1.54) is 0 Å². The lowest BCUT2D eigenvalue weighted by atomic mass is 9.93. The van der Waals surface area contributed by atoms with Crippen molar-refractivity contribution in [1.29, 1.82) is 0 Å². The van der Waals surface area contributed by atoms with Gasteiger partial charge < -0.3 is 10.2 Å². The Kier molecular flexibility index (Phi) is 5.22. The smallest absolute Gasteiger partial charge is 0.321 e. The molecule has 0 aromatic rings. The molecule has 0 spiro atoms. The van der Waals surface area contributed by atoms with Gasteiger partial charge in [-0.1, -0.05) is 20.3 Å². The molecule has 0 saturated carbocycles. The Morgan fingerprint density at radius 1 is 1.44 bits per heavy atom. The van der Waals surface area contributed by atoms with Crippen molar-refractivity contribution >= 4 is 5.97 Å². The summed E-state index contributed by atoms with van der Waals surface area (Å²) in [6.07, 6.45) is 3.91. The number of aliphatic carboxylic acids is 1. The van der Waals surface area contributed by atoms with Crippen LogP contribution in [-0.4, -0.2) is 46.3 Å². The molecule has 0 radical (unpaired) electrons. The summed E-state index contributed by atoms with van der Waals surface area (Å²) in [6, 6.07) is -0.168. The van der Waals surface area contributed by atoms with Crippen LogP contribution >= 0.6 is 0 Å². The molecule has 0 aliphatic carbocycles. The molecule has 1 heterocycles. The van der Waals surface area contributed by atoms with Crippen LogP contribution in [-0.2, 0) is 4.79 Å². The van der Waals surface area contributed by atoms with Crippen LogP contribution in [0.1, 0.15) is 39.5 Å². The normalized spacial score (nSPS) is 24.6. The molecule has 94 valence electrons. The molecule has 0 bridgehead atoms. The lowest BCUT2D eigenvalue weighted by Crippen LogP contribution is -2.52. The highest BCUT2D eigenvalue weighted by Crippen LogP contribution is 2.25.